The standard InChI is InChI=1S/C24H21NO3/c1-28-19-13-11-18(12-14-19)20(17-7-3-2-4-8-17)15-16-25-23(26)21-9-5-6-10-22(21)24(25)27/h2-14,20H,15-16H2,1H3. The van der Waals surface area contributed by atoms with Crippen molar-refractivity contribution in [3.8, 4) is 5.75 Å². The lowest BCUT2D eigenvalue weighted by molar-refractivity contribution is 0.0651. The van der Waals surface area contributed by atoms with Gasteiger partial charge in [0.2, 0.25) is 0 Å². The highest BCUT2D eigenvalue weighted by atomic mass is 16.5. The van der Waals surface area contributed by atoms with Gasteiger partial charge < -0.3 is 4.74 Å². The summed E-state index contributed by atoms with van der Waals surface area (Å²) in [7, 11) is 1.64. The molecule has 0 saturated heterocycles. The Kier molecular flexibility index (Phi) is 4.94. The minimum absolute atomic E-state index is 0.0800. The lowest BCUT2D eigenvalue weighted by Gasteiger charge is -2.21. The Hall–Kier alpha value is -3.40. The van der Waals surface area contributed by atoms with Crippen molar-refractivity contribution in [3.63, 3.8) is 0 Å². The number of benzene rings is 3. The molecule has 4 rings (SSSR count). The van der Waals surface area contributed by atoms with Gasteiger partial charge in [-0.3, -0.25) is 14.5 Å². The summed E-state index contributed by atoms with van der Waals surface area (Å²) in [4.78, 5) is 26.7. The van der Waals surface area contributed by atoms with Crippen LogP contribution < -0.4 is 4.74 Å². The number of hydrogen-bond acceptors (Lipinski definition) is 3. The van der Waals surface area contributed by atoms with Crippen LogP contribution >= 0.6 is 0 Å². The number of rotatable bonds is 6. The van der Waals surface area contributed by atoms with Crippen LogP contribution in [0.3, 0.4) is 0 Å². The third-order valence-corrected chi connectivity index (χ3v) is 5.24. The van der Waals surface area contributed by atoms with E-state index in [4.69, 9.17) is 4.74 Å². The maximum atomic E-state index is 12.7. The van der Waals surface area contributed by atoms with Crippen LogP contribution in [0.15, 0.2) is 78.9 Å². The molecule has 1 atom stereocenters. The molecule has 2 amide bonds. The third-order valence-electron chi connectivity index (χ3n) is 5.24. The molecule has 0 spiro atoms. The van der Waals surface area contributed by atoms with Crippen molar-refractivity contribution in [2.75, 3.05) is 13.7 Å². The number of hydrogen-bond donors (Lipinski definition) is 0. The number of carbonyl (C=O) groups excluding carboxylic acids is 2. The molecular formula is C24H21NO3. The minimum Gasteiger partial charge on any atom is -0.497 e. The van der Waals surface area contributed by atoms with Crippen LogP contribution in [0.5, 0.6) is 5.75 Å². The quantitative estimate of drug-likeness (QED) is 0.599. The average Bonchev–Trinajstić information content (AvgIpc) is 3.00. The van der Waals surface area contributed by atoms with Crippen LogP contribution in [-0.2, 0) is 0 Å². The molecule has 28 heavy (non-hydrogen) atoms. The van der Waals surface area contributed by atoms with Gasteiger partial charge in [0, 0.05) is 12.5 Å². The summed E-state index contributed by atoms with van der Waals surface area (Å²) in [5.41, 5.74) is 3.27. The van der Waals surface area contributed by atoms with E-state index in [1.807, 2.05) is 42.5 Å². The van der Waals surface area contributed by atoms with Gasteiger partial charge in [0.15, 0.2) is 0 Å². The second-order valence-electron chi connectivity index (χ2n) is 6.83. The molecule has 140 valence electrons. The number of ether oxygens (including phenoxy) is 1. The summed E-state index contributed by atoms with van der Waals surface area (Å²) in [5, 5.41) is 0. The Labute approximate surface area is 164 Å². The van der Waals surface area contributed by atoms with Crippen molar-refractivity contribution >= 4 is 11.8 Å². The van der Waals surface area contributed by atoms with Gasteiger partial charge in [-0.15, -0.1) is 0 Å². The van der Waals surface area contributed by atoms with Crippen molar-refractivity contribution in [2.24, 2.45) is 0 Å². The van der Waals surface area contributed by atoms with E-state index in [1.54, 1.807) is 31.4 Å². The highest BCUT2D eigenvalue weighted by molar-refractivity contribution is 6.21. The van der Waals surface area contributed by atoms with E-state index in [-0.39, 0.29) is 17.7 Å². The predicted molar refractivity (Wildman–Crippen MR) is 108 cm³/mol. The Balaban J connectivity index is 1.58. The Morgan fingerprint density at radius 3 is 1.86 bits per heavy atom. The topological polar surface area (TPSA) is 46.6 Å². The van der Waals surface area contributed by atoms with Crippen molar-refractivity contribution < 1.29 is 14.3 Å². The van der Waals surface area contributed by atoms with Crippen molar-refractivity contribution in [3.05, 3.63) is 101 Å². The largest absolute Gasteiger partial charge is 0.497 e. The first-order valence-corrected chi connectivity index (χ1v) is 9.33. The summed E-state index contributed by atoms with van der Waals surface area (Å²) >= 11 is 0. The van der Waals surface area contributed by atoms with Crippen LogP contribution in [0.4, 0.5) is 0 Å². The summed E-state index contributed by atoms with van der Waals surface area (Å²) in [6.07, 6.45) is 0.655. The number of amides is 2. The zero-order chi connectivity index (χ0) is 19.5. The number of fused-ring (bicyclic) bond motifs is 1. The highest BCUT2D eigenvalue weighted by Gasteiger charge is 2.35. The highest BCUT2D eigenvalue weighted by Crippen LogP contribution is 2.31. The van der Waals surface area contributed by atoms with Crippen LogP contribution in [0.1, 0.15) is 44.2 Å². The molecule has 4 nitrogen and oxygen atoms in total. The normalized spacial score (nSPS) is 14.1. The van der Waals surface area contributed by atoms with Crippen LogP contribution in [-0.4, -0.2) is 30.4 Å². The molecule has 1 aliphatic rings. The molecule has 4 heteroatoms. The average molecular weight is 371 g/mol. The van der Waals surface area contributed by atoms with E-state index in [0.717, 1.165) is 16.9 Å². The first kappa shape index (κ1) is 18.0. The van der Waals surface area contributed by atoms with Gasteiger partial charge in [0.1, 0.15) is 5.75 Å². The van der Waals surface area contributed by atoms with Crippen molar-refractivity contribution in [1.82, 2.24) is 4.90 Å². The zero-order valence-electron chi connectivity index (χ0n) is 15.7. The Bertz CT molecular complexity index is 961. The van der Waals surface area contributed by atoms with Crippen molar-refractivity contribution in [2.45, 2.75) is 12.3 Å². The SMILES string of the molecule is COc1ccc(C(CCN2C(=O)c3ccccc3C2=O)c2ccccc2)cc1. The van der Waals surface area contributed by atoms with Gasteiger partial charge in [-0.25, -0.2) is 0 Å². The lowest BCUT2D eigenvalue weighted by Crippen LogP contribution is -2.31. The molecule has 0 fully saturated rings. The molecule has 3 aromatic carbocycles. The predicted octanol–water partition coefficient (Wildman–Crippen LogP) is 4.51. The summed E-state index contributed by atoms with van der Waals surface area (Å²) < 4.78 is 5.26. The van der Waals surface area contributed by atoms with E-state index < -0.39 is 0 Å². The number of carbonyl (C=O) groups is 2. The van der Waals surface area contributed by atoms with Crippen LogP contribution in [0.2, 0.25) is 0 Å². The minimum atomic E-state index is -0.206. The fourth-order valence-corrected chi connectivity index (χ4v) is 3.75. The number of methoxy groups -OCH3 is 1. The molecular weight excluding hydrogens is 350 g/mol. The molecule has 0 N–H and O–H groups in total. The van der Waals surface area contributed by atoms with Crippen molar-refractivity contribution in [1.29, 1.82) is 0 Å². The molecule has 0 radical (unpaired) electrons. The van der Waals surface area contributed by atoms with Gasteiger partial charge in [-0.1, -0.05) is 54.6 Å². The fourth-order valence-electron chi connectivity index (χ4n) is 3.75. The summed E-state index contributed by atoms with van der Waals surface area (Å²) in [5.74, 6) is 0.469. The van der Waals surface area contributed by atoms with Gasteiger partial charge in [-0.05, 0) is 41.8 Å². The molecule has 1 aliphatic heterocycles. The van der Waals surface area contributed by atoms with E-state index in [1.165, 1.54) is 4.90 Å². The first-order valence-electron chi connectivity index (χ1n) is 9.33. The van der Waals surface area contributed by atoms with E-state index in [9.17, 15) is 9.59 Å². The molecule has 0 aliphatic carbocycles. The van der Waals surface area contributed by atoms with Gasteiger partial charge in [-0.2, -0.15) is 0 Å². The zero-order valence-corrected chi connectivity index (χ0v) is 15.7. The molecule has 1 unspecified atom stereocenters. The molecule has 0 saturated carbocycles. The summed E-state index contributed by atoms with van der Waals surface area (Å²) in [6.45, 7) is 0.373. The molecule has 3 aromatic rings. The van der Waals surface area contributed by atoms with Crippen LogP contribution in [0, 0.1) is 0 Å². The molecule has 1 heterocycles. The van der Waals surface area contributed by atoms with E-state index in [2.05, 4.69) is 12.1 Å². The molecule has 0 aromatic heterocycles. The molecule has 0 bridgehead atoms. The lowest BCUT2D eigenvalue weighted by atomic mass is 9.88. The Morgan fingerprint density at radius 1 is 0.750 bits per heavy atom. The van der Waals surface area contributed by atoms with Gasteiger partial charge in [0.25, 0.3) is 11.8 Å². The summed E-state index contributed by atoms with van der Waals surface area (Å²) in [6, 6.07) is 25.1. The van der Waals surface area contributed by atoms with Gasteiger partial charge in [0.05, 0.1) is 18.2 Å². The van der Waals surface area contributed by atoms with Crippen LogP contribution in [0.25, 0.3) is 0 Å². The number of imide groups is 1. The second-order valence-corrected chi connectivity index (χ2v) is 6.83. The maximum Gasteiger partial charge on any atom is 0.261 e. The monoisotopic (exact) mass is 371 g/mol. The first-order chi connectivity index (χ1) is 13.7. The second kappa shape index (κ2) is 7.69. The van der Waals surface area contributed by atoms with E-state index in [0.29, 0.717) is 24.1 Å². The maximum absolute atomic E-state index is 12.7. The van der Waals surface area contributed by atoms with Gasteiger partial charge >= 0.3 is 0 Å². The number of nitrogens with zero attached hydrogens (tertiary/aromatic N) is 1. The Morgan fingerprint density at radius 2 is 1.29 bits per heavy atom. The fraction of sp³-hybridized carbons (Fsp3) is 0.167. The smallest absolute Gasteiger partial charge is 0.261 e. The third kappa shape index (κ3) is 3.29. The van der Waals surface area contributed by atoms with E-state index >= 15 is 0 Å².